The number of rotatable bonds is 5. The molecule has 0 spiro atoms. The van der Waals surface area contributed by atoms with Gasteiger partial charge in [0, 0.05) is 51.0 Å². The lowest BCUT2D eigenvalue weighted by Gasteiger charge is -2.26. The van der Waals surface area contributed by atoms with Gasteiger partial charge in [0.05, 0.1) is 6.10 Å². The summed E-state index contributed by atoms with van der Waals surface area (Å²) in [5.74, 6) is 0. The van der Waals surface area contributed by atoms with Crippen molar-refractivity contribution >= 4 is 51.0 Å². The van der Waals surface area contributed by atoms with Crippen LogP contribution < -0.4 is 0 Å². The maximum Gasteiger partial charge on any atom is 0.0500 e. The molecule has 0 amide bonds. The molecule has 0 aliphatic carbocycles. The largest absolute Gasteiger partial charge is 0.393 e. The summed E-state index contributed by atoms with van der Waals surface area (Å²) in [6.45, 7) is 0.757. The Bertz CT molecular complexity index is 118. The maximum absolute atomic E-state index is 9.09. The van der Waals surface area contributed by atoms with E-state index in [1.807, 2.05) is 0 Å². The molecular weight excluding hydrogens is 140 g/mol. The highest BCUT2D eigenvalue weighted by atomic mass is 16.3. The van der Waals surface area contributed by atoms with Gasteiger partial charge < -0.3 is 5.11 Å². The Balaban J connectivity index is 4.03. The van der Waals surface area contributed by atoms with Gasteiger partial charge >= 0.3 is 0 Å². The predicted octanol–water partition coefficient (Wildman–Crippen LogP) is -2.06. The van der Waals surface area contributed by atoms with Crippen LogP contribution in [0.15, 0.2) is 0 Å². The van der Waals surface area contributed by atoms with Crippen LogP contribution in [0, 0.1) is 0 Å². The Morgan fingerprint density at radius 2 is 1.92 bits per heavy atom. The summed E-state index contributed by atoms with van der Waals surface area (Å²) >= 11 is 0. The molecule has 0 aromatic rings. The molecule has 9 radical (unpaired) electrons. The van der Waals surface area contributed by atoms with Crippen LogP contribution >= 0.6 is 0 Å². The Labute approximate surface area is 81.8 Å². The van der Waals surface area contributed by atoms with Crippen LogP contribution in [0.4, 0.5) is 0 Å². The summed E-state index contributed by atoms with van der Waals surface area (Å²) in [4.78, 5) is 0. The van der Waals surface area contributed by atoms with E-state index in [1.165, 1.54) is 7.06 Å². The molecule has 1 N–H and O–H groups in total. The lowest BCUT2D eigenvalue weighted by Crippen LogP contribution is -2.41. The molecule has 2 unspecified atom stereocenters. The van der Waals surface area contributed by atoms with E-state index in [4.69, 9.17) is 36.1 Å². The molecule has 12 heavy (non-hydrogen) atoms. The van der Waals surface area contributed by atoms with Crippen LogP contribution in [0.5, 0.6) is 0 Å². The van der Waals surface area contributed by atoms with Crippen molar-refractivity contribution in [2.75, 3.05) is 0 Å². The van der Waals surface area contributed by atoms with E-state index in [2.05, 4.69) is 0 Å². The highest BCUT2D eigenvalue weighted by Gasteiger charge is 2.22. The summed E-state index contributed by atoms with van der Waals surface area (Å²) in [6.07, 6.45) is 0.00241. The minimum atomic E-state index is -0.547. The molecule has 2 atom stereocenters. The first-order chi connectivity index (χ1) is 5.49. The van der Waals surface area contributed by atoms with E-state index >= 15 is 0 Å². The van der Waals surface area contributed by atoms with Crippen LogP contribution in [0.25, 0.3) is 0 Å². The van der Waals surface area contributed by atoms with Gasteiger partial charge in [0.25, 0.3) is 0 Å². The zero-order valence-corrected chi connectivity index (χ0v) is 7.35. The van der Waals surface area contributed by atoms with E-state index in [1.54, 1.807) is 6.92 Å². The van der Waals surface area contributed by atoms with E-state index < -0.39 is 12.6 Å². The Morgan fingerprint density at radius 3 is 2.17 bits per heavy atom. The molecule has 0 saturated carbocycles. The van der Waals surface area contributed by atoms with Crippen LogP contribution in [0.1, 0.15) is 13.3 Å². The zero-order chi connectivity index (χ0) is 9.72. The Hall–Kier alpha value is 0.415. The van der Waals surface area contributed by atoms with Gasteiger partial charge in [-0.15, -0.1) is 5.72 Å². The highest BCUT2D eigenvalue weighted by molar-refractivity contribution is 7.51. The summed E-state index contributed by atoms with van der Waals surface area (Å²) in [5, 5.41) is 9.09. The lowest BCUT2D eigenvalue weighted by molar-refractivity contribution is 0.188. The Kier molecular flexibility index (Phi) is 6.16. The molecule has 0 rings (SSSR count). The number of hydrogen-bond acceptors (Lipinski definition) is 1. The number of hydrogen-bond donors (Lipinski definition) is 1. The van der Waals surface area contributed by atoms with Crippen molar-refractivity contribution in [2.45, 2.75) is 25.2 Å². The normalized spacial score (nSPS) is 14.8. The topological polar surface area (TPSA) is 20.2 Å². The summed E-state index contributed by atoms with van der Waals surface area (Å²) in [7, 11) is 23.2. The molecule has 0 aromatic heterocycles. The summed E-state index contributed by atoms with van der Waals surface area (Å²) in [6, 6.07) is 0. The van der Waals surface area contributed by atoms with Gasteiger partial charge in [0.15, 0.2) is 0 Å². The molecule has 0 aromatic carbocycles. The smallest absolute Gasteiger partial charge is 0.0500 e. The monoisotopic (exact) mass is 149 g/mol. The van der Waals surface area contributed by atoms with Crippen LogP contribution in [-0.2, 0) is 0 Å². The average Bonchev–Trinajstić information content (AvgIpc) is 1.98. The van der Waals surface area contributed by atoms with Crippen molar-refractivity contribution in [3.05, 3.63) is 0 Å². The van der Waals surface area contributed by atoms with Crippen LogP contribution in [0.3, 0.4) is 0 Å². The van der Waals surface area contributed by atoms with Gasteiger partial charge in [-0.1, -0.05) is 0 Å². The highest BCUT2D eigenvalue weighted by Crippen LogP contribution is 2.16. The Morgan fingerprint density at radius 1 is 1.42 bits per heavy atom. The summed E-state index contributed by atoms with van der Waals surface area (Å²) in [5.41, 5.74) is -0.171. The predicted molar refractivity (Wildman–Crippen MR) is 60.3 cm³/mol. The van der Waals surface area contributed by atoms with Crippen molar-refractivity contribution < 1.29 is 5.11 Å². The SMILES string of the molecule is [B][B]B([B])C(CC(C)O)B([B])[B]. The van der Waals surface area contributed by atoms with E-state index in [0.717, 1.165) is 0 Å². The van der Waals surface area contributed by atoms with E-state index in [0.29, 0.717) is 6.42 Å². The average molecular weight is 148 g/mol. The molecular formula is C4H8B7O. The van der Waals surface area contributed by atoms with E-state index in [9.17, 15) is 0 Å². The van der Waals surface area contributed by atoms with Crippen molar-refractivity contribution in [3.8, 4) is 0 Å². The lowest BCUT2D eigenvalue weighted by atomic mass is 8.91. The zero-order valence-electron chi connectivity index (χ0n) is 7.35. The molecule has 1 nitrogen and oxygen atoms in total. The molecule has 0 bridgehead atoms. The standard InChI is InChI=1S/C4H8B7O/c1-3(12)2-4(10(6)7)11(8)9-5/h3-4,12H,2H2,1H3. The van der Waals surface area contributed by atoms with Gasteiger partial charge in [-0.3, -0.25) is 0 Å². The second kappa shape index (κ2) is 5.96. The molecule has 0 saturated heterocycles. The molecule has 0 aliphatic heterocycles. The van der Waals surface area contributed by atoms with Crippen molar-refractivity contribution in [3.63, 3.8) is 0 Å². The maximum atomic E-state index is 9.09. The minimum absolute atomic E-state index is 0.171. The van der Waals surface area contributed by atoms with Crippen LogP contribution in [-0.4, -0.2) is 62.2 Å². The first kappa shape index (κ1) is 12.4. The van der Waals surface area contributed by atoms with Crippen molar-refractivity contribution in [2.24, 2.45) is 0 Å². The van der Waals surface area contributed by atoms with Gasteiger partial charge in [0.1, 0.15) is 0 Å². The van der Waals surface area contributed by atoms with Gasteiger partial charge in [-0.2, -0.15) is 0 Å². The third kappa shape index (κ3) is 4.44. The van der Waals surface area contributed by atoms with E-state index in [-0.39, 0.29) is 12.2 Å². The first-order valence-corrected chi connectivity index (χ1v) is 3.99. The quantitative estimate of drug-likeness (QED) is 0.444. The third-order valence-corrected chi connectivity index (χ3v) is 1.82. The van der Waals surface area contributed by atoms with Crippen LogP contribution in [0.2, 0.25) is 5.72 Å². The van der Waals surface area contributed by atoms with Crippen molar-refractivity contribution in [1.29, 1.82) is 0 Å². The van der Waals surface area contributed by atoms with Gasteiger partial charge in [-0.25, -0.2) is 0 Å². The fourth-order valence-electron chi connectivity index (χ4n) is 1.11. The second-order valence-electron chi connectivity index (χ2n) is 3.10. The number of aliphatic hydroxyl groups is 1. The fraction of sp³-hybridized carbons (Fsp3) is 1.00. The molecule has 0 heterocycles. The fourth-order valence-corrected chi connectivity index (χ4v) is 1.11. The van der Waals surface area contributed by atoms with Gasteiger partial charge in [0.2, 0.25) is 0 Å². The second-order valence-corrected chi connectivity index (χ2v) is 3.10. The molecule has 0 aliphatic rings. The first-order valence-electron chi connectivity index (χ1n) is 3.99. The third-order valence-electron chi connectivity index (χ3n) is 1.82. The van der Waals surface area contributed by atoms with Crippen molar-refractivity contribution in [1.82, 2.24) is 0 Å². The molecule has 8 heteroatoms. The molecule has 51 valence electrons. The number of aliphatic hydroxyl groups excluding tert-OH is 1. The van der Waals surface area contributed by atoms with Gasteiger partial charge in [-0.05, 0) is 13.3 Å². The molecule has 0 fully saturated rings. The summed E-state index contributed by atoms with van der Waals surface area (Å²) < 4.78 is 0. The minimum Gasteiger partial charge on any atom is -0.393 e.